The van der Waals surface area contributed by atoms with Crippen LogP contribution in [-0.2, 0) is 11.3 Å². The maximum absolute atomic E-state index is 13.4. The molecule has 5 rings (SSSR count). The Morgan fingerprint density at radius 3 is 2.31 bits per heavy atom. The quantitative estimate of drug-likeness (QED) is 0.587. The van der Waals surface area contributed by atoms with Gasteiger partial charge in [-0.25, -0.2) is 0 Å². The van der Waals surface area contributed by atoms with Crippen molar-refractivity contribution >= 4 is 17.4 Å². The van der Waals surface area contributed by atoms with E-state index in [2.05, 4.69) is 36.9 Å². The highest BCUT2D eigenvalue weighted by atomic mass is 16.2. The fraction of sp³-hybridized carbons (Fsp3) is 0.333. The van der Waals surface area contributed by atoms with Crippen molar-refractivity contribution in [1.29, 1.82) is 0 Å². The summed E-state index contributed by atoms with van der Waals surface area (Å²) in [7, 11) is 0. The van der Waals surface area contributed by atoms with E-state index in [9.17, 15) is 9.59 Å². The lowest BCUT2D eigenvalue weighted by Gasteiger charge is -2.38. The highest BCUT2D eigenvalue weighted by molar-refractivity contribution is 6.08. The second-order valence-corrected chi connectivity index (χ2v) is 8.86. The van der Waals surface area contributed by atoms with Crippen LogP contribution < -0.4 is 4.90 Å². The van der Waals surface area contributed by atoms with Crippen LogP contribution in [0, 0.1) is 13.8 Å². The molecule has 0 radical (unpaired) electrons. The summed E-state index contributed by atoms with van der Waals surface area (Å²) in [6, 6.07) is 19.6. The standard InChI is InChI=1S/C27H29N3O2/c1-19-7-6-10-23(20(19)2)28-15-17-29(18-16-28)27(32)22-13-14-30-24(22)11-12-25(30)26(31)21-8-4-3-5-9-21/h3-12,22H,13-18H2,1-2H3. The third-order valence-corrected chi connectivity index (χ3v) is 7.09. The summed E-state index contributed by atoms with van der Waals surface area (Å²) >= 11 is 0. The number of ketones is 1. The third kappa shape index (κ3) is 3.52. The molecule has 5 nitrogen and oxygen atoms in total. The Kier molecular flexibility index (Phi) is 5.33. The average molecular weight is 428 g/mol. The Bertz CT molecular complexity index is 1160. The van der Waals surface area contributed by atoms with Gasteiger partial charge in [0.05, 0.1) is 11.6 Å². The molecule has 1 amide bonds. The molecule has 164 valence electrons. The van der Waals surface area contributed by atoms with E-state index < -0.39 is 0 Å². The van der Waals surface area contributed by atoms with Gasteiger partial charge in [-0.05, 0) is 49.6 Å². The molecular weight excluding hydrogens is 398 g/mol. The highest BCUT2D eigenvalue weighted by Crippen LogP contribution is 2.33. The molecular formula is C27H29N3O2. The van der Waals surface area contributed by atoms with E-state index in [4.69, 9.17) is 0 Å². The number of carbonyl (C=O) groups is 2. The van der Waals surface area contributed by atoms with Crippen molar-refractivity contribution in [3.05, 3.63) is 88.7 Å². The number of fused-ring (bicyclic) bond motifs is 1. The number of nitrogens with zero attached hydrogens (tertiary/aromatic N) is 3. The molecule has 0 aliphatic carbocycles. The molecule has 5 heteroatoms. The van der Waals surface area contributed by atoms with Gasteiger partial charge < -0.3 is 14.4 Å². The van der Waals surface area contributed by atoms with Crippen LogP contribution in [0.15, 0.2) is 60.7 Å². The molecule has 1 aromatic heterocycles. The molecule has 32 heavy (non-hydrogen) atoms. The van der Waals surface area contributed by atoms with Crippen molar-refractivity contribution in [2.24, 2.45) is 0 Å². The fourth-order valence-corrected chi connectivity index (χ4v) is 5.10. The van der Waals surface area contributed by atoms with Crippen LogP contribution >= 0.6 is 0 Å². The molecule has 1 fully saturated rings. The number of anilines is 1. The topological polar surface area (TPSA) is 45.5 Å². The minimum absolute atomic E-state index is 0.0205. The summed E-state index contributed by atoms with van der Waals surface area (Å²) in [5, 5.41) is 0. The lowest BCUT2D eigenvalue weighted by atomic mass is 10.0. The molecule has 0 bridgehead atoms. The van der Waals surface area contributed by atoms with Crippen LogP contribution in [0.4, 0.5) is 5.69 Å². The van der Waals surface area contributed by atoms with Crippen molar-refractivity contribution in [2.45, 2.75) is 32.7 Å². The van der Waals surface area contributed by atoms with Crippen LogP contribution in [0.1, 0.15) is 45.2 Å². The van der Waals surface area contributed by atoms with E-state index >= 15 is 0 Å². The van der Waals surface area contributed by atoms with Gasteiger partial charge in [0.15, 0.2) is 0 Å². The number of amides is 1. The first-order chi connectivity index (χ1) is 15.5. The second kappa shape index (κ2) is 8.30. The lowest BCUT2D eigenvalue weighted by Crippen LogP contribution is -2.50. The van der Waals surface area contributed by atoms with Crippen molar-refractivity contribution in [3.63, 3.8) is 0 Å². The van der Waals surface area contributed by atoms with E-state index in [0.29, 0.717) is 11.3 Å². The molecule has 2 aromatic carbocycles. The molecule has 0 spiro atoms. The van der Waals surface area contributed by atoms with Crippen molar-refractivity contribution in [1.82, 2.24) is 9.47 Å². The molecule has 2 aliphatic heterocycles. The van der Waals surface area contributed by atoms with E-state index in [1.54, 1.807) is 0 Å². The molecule has 0 N–H and O–H groups in total. The number of piperazine rings is 1. The van der Waals surface area contributed by atoms with Crippen LogP contribution in [0.25, 0.3) is 0 Å². The number of benzene rings is 2. The Morgan fingerprint density at radius 2 is 1.56 bits per heavy atom. The number of hydrogen-bond donors (Lipinski definition) is 0. The maximum Gasteiger partial charge on any atom is 0.231 e. The molecule has 0 saturated carbocycles. The maximum atomic E-state index is 13.4. The molecule has 3 aromatic rings. The highest BCUT2D eigenvalue weighted by Gasteiger charge is 2.35. The summed E-state index contributed by atoms with van der Waals surface area (Å²) in [5.74, 6) is 0.0628. The van der Waals surface area contributed by atoms with Gasteiger partial charge in [-0.1, -0.05) is 42.5 Å². The van der Waals surface area contributed by atoms with Gasteiger partial charge in [-0.2, -0.15) is 0 Å². The number of aromatic nitrogens is 1. The van der Waals surface area contributed by atoms with Gasteiger partial charge >= 0.3 is 0 Å². The largest absolute Gasteiger partial charge is 0.368 e. The van der Waals surface area contributed by atoms with E-state index in [1.807, 2.05) is 51.9 Å². The zero-order valence-corrected chi connectivity index (χ0v) is 18.8. The zero-order valence-electron chi connectivity index (χ0n) is 18.8. The Morgan fingerprint density at radius 1 is 0.812 bits per heavy atom. The van der Waals surface area contributed by atoms with Gasteiger partial charge in [0.1, 0.15) is 0 Å². The summed E-state index contributed by atoms with van der Waals surface area (Å²) in [6.45, 7) is 8.20. The Labute approximate surface area is 189 Å². The lowest BCUT2D eigenvalue weighted by molar-refractivity contribution is -0.133. The van der Waals surface area contributed by atoms with E-state index in [1.165, 1.54) is 16.8 Å². The predicted octanol–water partition coefficient (Wildman–Crippen LogP) is 4.17. The average Bonchev–Trinajstić information content (AvgIpc) is 3.43. The monoisotopic (exact) mass is 427 g/mol. The molecule has 3 heterocycles. The minimum Gasteiger partial charge on any atom is -0.368 e. The van der Waals surface area contributed by atoms with E-state index in [0.717, 1.165) is 44.8 Å². The molecule has 1 saturated heterocycles. The summed E-state index contributed by atoms with van der Waals surface area (Å²) in [6.07, 6.45) is 0.765. The Balaban J connectivity index is 1.28. The van der Waals surface area contributed by atoms with Gasteiger partial charge in [0.2, 0.25) is 11.7 Å². The Hall–Kier alpha value is -3.34. The first-order valence-electron chi connectivity index (χ1n) is 11.4. The predicted molar refractivity (Wildman–Crippen MR) is 126 cm³/mol. The second-order valence-electron chi connectivity index (χ2n) is 8.86. The normalized spacial score (nSPS) is 18.0. The summed E-state index contributed by atoms with van der Waals surface area (Å²) in [5.41, 5.74) is 6.24. The van der Waals surface area contributed by atoms with Crippen LogP contribution in [0.2, 0.25) is 0 Å². The van der Waals surface area contributed by atoms with Gasteiger partial charge in [-0.15, -0.1) is 0 Å². The number of carbonyl (C=O) groups excluding carboxylic acids is 2. The van der Waals surface area contributed by atoms with Crippen molar-refractivity contribution < 1.29 is 9.59 Å². The van der Waals surface area contributed by atoms with Crippen LogP contribution in [-0.4, -0.2) is 47.3 Å². The van der Waals surface area contributed by atoms with E-state index in [-0.39, 0.29) is 17.6 Å². The summed E-state index contributed by atoms with van der Waals surface area (Å²) < 4.78 is 2.05. The molecule has 1 atom stereocenters. The zero-order chi connectivity index (χ0) is 22.2. The number of rotatable bonds is 4. The van der Waals surface area contributed by atoms with Gasteiger partial charge in [-0.3, -0.25) is 9.59 Å². The van der Waals surface area contributed by atoms with Crippen LogP contribution in [0.5, 0.6) is 0 Å². The van der Waals surface area contributed by atoms with Crippen LogP contribution in [0.3, 0.4) is 0 Å². The molecule has 2 aliphatic rings. The van der Waals surface area contributed by atoms with Crippen molar-refractivity contribution in [2.75, 3.05) is 31.1 Å². The SMILES string of the molecule is Cc1cccc(N2CCN(C(=O)C3CCn4c(C(=O)c5ccccc5)ccc43)CC2)c1C. The summed E-state index contributed by atoms with van der Waals surface area (Å²) in [4.78, 5) is 30.7. The third-order valence-electron chi connectivity index (χ3n) is 7.09. The number of aryl methyl sites for hydroxylation is 1. The smallest absolute Gasteiger partial charge is 0.231 e. The molecule has 1 unspecified atom stereocenters. The van der Waals surface area contributed by atoms with Crippen molar-refractivity contribution in [3.8, 4) is 0 Å². The minimum atomic E-state index is -0.153. The first kappa shape index (κ1) is 20.6. The first-order valence-corrected chi connectivity index (χ1v) is 11.4. The fourth-order valence-electron chi connectivity index (χ4n) is 5.10. The van der Waals surface area contributed by atoms with Gasteiger partial charge in [0.25, 0.3) is 0 Å². The van der Waals surface area contributed by atoms with Gasteiger partial charge in [0, 0.05) is 49.7 Å². The number of hydrogen-bond acceptors (Lipinski definition) is 3.